The van der Waals surface area contributed by atoms with Crippen molar-refractivity contribution in [1.82, 2.24) is 9.55 Å². The summed E-state index contributed by atoms with van der Waals surface area (Å²) < 4.78 is 1.80. The highest BCUT2D eigenvalue weighted by Crippen LogP contribution is 2.12. The van der Waals surface area contributed by atoms with Crippen LogP contribution in [0.5, 0.6) is 0 Å². The molecule has 0 aliphatic heterocycles. The van der Waals surface area contributed by atoms with Crippen LogP contribution in [0.4, 0.5) is 0 Å². The van der Waals surface area contributed by atoms with Crippen LogP contribution in [-0.2, 0) is 13.5 Å². The summed E-state index contributed by atoms with van der Waals surface area (Å²) in [7, 11) is 1.84. The first-order chi connectivity index (χ1) is 7.02. The summed E-state index contributed by atoms with van der Waals surface area (Å²) in [5, 5.41) is 8.91. The van der Waals surface area contributed by atoms with Gasteiger partial charge in [0.1, 0.15) is 0 Å². The number of aromatic nitrogens is 2. The highest BCUT2D eigenvalue weighted by atomic mass is 16.4. The number of carbonyl (C=O) groups is 1. The van der Waals surface area contributed by atoms with Crippen LogP contribution in [0.15, 0.2) is 6.33 Å². The molecule has 0 fully saturated rings. The molecule has 0 atom stereocenters. The molecule has 4 nitrogen and oxygen atoms in total. The van der Waals surface area contributed by atoms with Crippen LogP contribution in [0.25, 0.3) is 0 Å². The minimum absolute atomic E-state index is 0.196. The fraction of sp³-hybridized carbons (Fsp3) is 0.636. The zero-order valence-corrected chi connectivity index (χ0v) is 9.53. The quantitative estimate of drug-likeness (QED) is 0.809. The van der Waals surface area contributed by atoms with Crippen molar-refractivity contribution < 1.29 is 9.90 Å². The number of hydrogen-bond acceptors (Lipinski definition) is 2. The van der Waals surface area contributed by atoms with E-state index in [1.807, 2.05) is 7.05 Å². The molecular formula is C11H18N2O2. The fourth-order valence-corrected chi connectivity index (χ4v) is 1.61. The topological polar surface area (TPSA) is 55.1 Å². The molecule has 0 amide bonds. The van der Waals surface area contributed by atoms with Gasteiger partial charge in [0.05, 0.1) is 12.0 Å². The minimum Gasteiger partial charge on any atom is -0.476 e. The number of aromatic carboxylic acids is 1. The fourth-order valence-electron chi connectivity index (χ4n) is 1.61. The van der Waals surface area contributed by atoms with Crippen molar-refractivity contribution in [2.75, 3.05) is 0 Å². The van der Waals surface area contributed by atoms with Crippen molar-refractivity contribution >= 4 is 5.97 Å². The SMILES string of the molecule is CC(C)CCCc1c(C(=O)O)ncn1C. The number of aryl methyl sites for hydroxylation is 1. The van der Waals surface area contributed by atoms with E-state index in [1.165, 1.54) is 0 Å². The lowest BCUT2D eigenvalue weighted by Crippen LogP contribution is -2.05. The monoisotopic (exact) mass is 210 g/mol. The Bertz CT molecular complexity index is 342. The lowest BCUT2D eigenvalue weighted by molar-refractivity contribution is 0.0689. The van der Waals surface area contributed by atoms with Gasteiger partial charge in [-0.2, -0.15) is 0 Å². The molecule has 1 rings (SSSR count). The third-order valence-corrected chi connectivity index (χ3v) is 2.46. The third-order valence-electron chi connectivity index (χ3n) is 2.46. The van der Waals surface area contributed by atoms with Gasteiger partial charge in [0.25, 0.3) is 0 Å². The highest BCUT2D eigenvalue weighted by Gasteiger charge is 2.14. The van der Waals surface area contributed by atoms with Crippen LogP contribution in [0.1, 0.15) is 42.9 Å². The molecule has 1 aromatic heterocycles. The van der Waals surface area contributed by atoms with Gasteiger partial charge in [-0.05, 0) is 18.8 Å². The standard InChI is InChI=1S/C11H18N2O2/c1-8(2)5-4-6-9-10(11(14)15)12-7-13(9)3/h7-8H,4-6H2,1-3H3,(H,14,15). The lowest BCUT2D eigenvalue weighted by Gasteiger charge is -2.06. The maximum atomic E-state index is 10.9. The normalized spacial score (nSPS) is 10.9. The van der Waals surface area contributed by atoms with Crippen molar-refractivity contribution in [1.29, 1.82) is 0 Å². The van der Waals surface area contributed by atoms with Crippen LogP contribution in [-0.4, -0.2) is 20.6 Å². The smallest absolute Gasteiger partial charge is 0.356 e. The Hall–Kier alpha value is -1.32. The van der Waals surface area contributed by atoms with Crippen LogP contribution in [0.3, 0.4) is 0 Å². The summed E-state index contributed by atoms with van der Waals surface area (Å²) in [6, 6.07) is 0. The molecule has 0 aromatic carbocycles. The third kappa shape index (κ3) is 3.08. The molecule has 0 saturated heterocycles. The summed E-state index contributed by atoms with van der Waals surface area (Å²) in [6.07, 6.45) is 4.48. The van der Waals surface area contributed by atoms with Crippen LogP contribution >= 0.6 is 0 Å². The minimum atomic E-state index is -0.935. The van der Waals surface area contributed by atoms with Crippen molar-refractivity contribution in [2.45, 2.75) is 33.1 Å². The predicted octanol–water partition coefficient (Wildman–Crippen LogP) is 2.10. The van der Waals surface area contributed by atoms with Gasteiger partial charge in [-0.1, -0.05) is 20.3 Å². The molecule has 4 heteroatoms. The average molecular weight is 210 g/mol. The largest absolute Gasteiger partial charge is 0.476 e. The zero-order chi connectivity index (χ0) is 11.4. The first-order valence-corrected chi connectivity index (χ1v) is 5.26. The molecule has 0 saturated carbocycles. The van der Waals surface area contributed by atoms with E-state index in [0.717, 1.165) is 25.0 Å². The predicted molar refractivity (Wildman–Crippen MR) is 57.9 cm³/mol. The molecule has 1 heterocycles. The summed E-state index contributed by atoms with van der Waals surface area (Å²) >= 11 is 0. The molecule has 15 heavy (non-hydrogen) atoms. The summed E-state index contributed by atoms with van der Waals surface area (Å²) in [4.78, 5) is 14.7. The number of imidazole rings is 1. The van der Waals surface area contributed by atoms with Crippen molar-refractivity contribution in [3.63, 3.8) is 0 Å². The van der Waals surface area contributed by atoms with Crippen molar-refractivity contribution in [3.05, 3.63) is 17.7 Å². The summed E-state index contributed by atoms with van der Waals surface area (Å²) in [5.74, 6) is -0.276. The number of carboxylic acid groups (broad SMARTS) is 1. The molecule has 0 radical (unpaired) electrons. The first-order valence-electron chi connectivity index (χ1n) is 5.26. The van der Waals surface area contributed by atoms with Gasteiger partial charge < -0.3 is 9.67 Å². The molecule has 84 valence electrons. The van der Waals surface area contributed by atoms with Gasteiger partial charge in [-0.15, -0.1) is 0 Å². The second-order valence-electron chi connectivity index (χ2n) is 4.24. The van der Waals surface area contributed by atoms with E-state index in [9.17, 15) is 4.79 Å². The second kappa shape index (κ2) is 4.96. The van der Waals surface area contributed by atoms with E-state index < -0.39 is 5.97 Å². The van der Waals surface area contributed by atoms with Gasteiger partial charge in [-0.3, -0.25) is 0 Å². The van der Waals surface area contributed by atoms with E-state index in [1.54, 1.807) is 10.9 Å². The number of hydrogen-bond donors (Lipinski definition) is 1. The molecule has 0 spiro atoms. The van der Waals surface area contributed by atoms with Crippen LogP contribution in [0.2, 0.25) is 0 Å². The van der Waals surface area contributed by atoms with E-state index in [2.05, 4.69) is 18.8 Å². The lowest BCUT2D eigenvalue weighted by atomic mass is 10.0. The van der Waals surface area contributed by atoms with E-state index in [4.69, 9.17) is 5.11 Å². The Kier molecular flexibility index (Phi) is 3.88. The Labute approximate surface area is 89.9 Å². The molecule has 0 aliphatic rings. The van der Waals surface area contributed by atoms with Crippen molar-refractivity contribution in [3.8, 4) is 0 Å². The van der Waals surface area contributed by atoms with Crippen molar-refractivity contribution in [2.24, 2.45) is 13.0 Å². The highest BCUT2D eigenvalue weighted by molar-refractivity contribution is 5.86. The molecular weight excluding hydrogens is 192 g/mol. The van der Waals surface area contributed by atoms with Gasteiger partial charge in [-0.25, -0.2) is 9.78 Å². The molecule has 1 aromatic rings. The maximum Gasteiger partial charge on any atom is 0.356 e. The van der Waals surface area contributed by atoms with Gasteiger partial charge in [0.15, 0.2) is 5.69 Å². The van der Waals surface area contributed by atoms with Crippen LogP contribution in [0, 0.1) is 5.92 Å². The van der Waals surface area contributed by atoms with Gasteiger partial charge in [0.2, 0.25) is 0 Å². The first kappa shape index (κ1) is 11.8. The Morgan fingerprint density at radius 3 is 2.80 bits per heavy atom. The van der Waals surface area contributed by atoms with E-state index in [0.29, 0.717) is 5.92 Å². The molecule has 0 unspecified atom stereocenters. The Morgan fingerprint density at radius 1 is 1.60 bits per heavy atom. The molecule has 1 N–H and O–H groups in total. The number of rotatable bonds is 5. The molecule has 0 bridgehead atoms. The second-order valence-corrected chi connectivity index (χ2v) is 4.24. The Morgan fingerprint density at radius 2 is 2.27 bits per heavy atom. The average Bonchev–Trinajstić information content (AvgIpc) is 2.47. The van der Waals surface area contributed by atoms with Gasteiger partial charge in [0, 0.05) is 7.05 Å². The zero-order valence-electron chi connectivity index (χ0n) is 9.53. The molecule has 0 aliphatic carbocycles. The Balaban J connectivity index is 2.66. The number of carboxylic acids is 1. The maximum absolute atomic E-state index is 10.9. The number of nitrogens with zero attached hydrogens (tertiary/aromatic N) is 2. The van der Waals surface area contributed by atoms with E-state index >= 15 is 0 Å². The van der Waals surface area contributed by atoms with E-state index in [-0.39, 0.29) is 5.69 Å². The summed E-state index contributed by atoms with van der Waals surface area (Å²) in [6.45, 7) is 4.34. The summed E-state index contributed by atoms with van der Waals surface area (Å²) in [5.41, 5.74) is 1.02. The van der Waals surface area contributed by atoms with Gasteiger partial charge >= 0.3 is 5.97 Å². The van der Waals surface area contributed by atoms with Crippen LogP contribution < -0.4 is 0 Å².